The van der Waals surface area contributed by atoms with Crippen LogP contribution in [0.3, 0.4) is 0 Å². The molecule has 2 heterocycles. The van der Waals surface area contributed by atoms with Gasteiger partial charge in [0.15, 0.2) is 0 Å². The van der Waals surface area contributed by atoms with Crippen molar-refractivity contribution in [1.82, 2.24) is 5.32 Å². The summed E-state index contributed by atoms with van der Waals surface area (Å²) in [6, 6.07) is 19.8. The van der Waals surface area contributed by atoms with Crippen LogP contribution >= 0.6 is 22.7 Å². The predicted octanol–water partition coefficient (Wildman–Crippen LogP) is 5.64. The second kappa shape index (κ2) is 6.56. The largest absolute Gasteiger partial charge is 0.305 e. The lowest BCUT2D eigenvalue weighted by Gasteiger charge is -2.10. The second-order valence-corrected chi connectivity index (χ2v) is 7.67. The van der Waals surface area contributed by atoms with E-state index in [1.54, 1.807) is 0 Å². The molecule has 3 aromatic rings. The summed E-state index contributed by atoms with van der Waals surface area (Å²) >= 11 is 3.74. The highest BCUT2D eigenvalue weighted by Crippen LogP contribution is 2.28. The maximum Gasteiger partial charge on any atom is 0.0389 e. The van der Waals surface area contributed by atoms with E-state index >= 15 is 0 Å². The monoisotopic (exact) mass is 313 g/mol. The van der Waals surface area contributed by atoms with Gasteiger partial charge >= 0.3 is 0 Å². The molecule has 3 heteroatoms. The van der Waals surface area contributed by atoms with Crippen LogP contribution in [0.25, 0.3) is 10.4 Å². The van der Waals surface area contributed by atoms with Crippen LogP contribution in [-0.2, 0) is 6.54 Å². The Morgan fingerprint density at radius 2 is 1.76 bits per heavy atom. The van der Waals surface area contributed by atoms with Gasteiger partial charge in [0.05, 0.1) is 0 Å². The van der Waals surface area contributed by atoms with Crippen molar-refractivity contribution in [3.63, 3.8) is 0 Å². The molecule has 1 N–H and O–H groups in total. The van der Waals surface area contributed by atoms with Crippen LogP contribution in [0, 0.1) is 6.92 Å². The van der Waals surface area contributed by atoms with Gasteiger partial charge in [-0.15, -0.1) is 22.7 Å². The van der Waals surface area contributed by atoms with E-state index in [1.165, 1.54) is 25.1 Å². The number of hydrogen-bond acceptors (Lipinski definition) is 3. The van der Waals surface area contributed by atoms with E-state index in [9.17, 15) is 0 Å². The van der Waals surface area contributed by atoms with Gasteiger partial charge in [-0.3, -0.25) is 0 Å². The fourth-order valence-electron chi connectivity index (χ4n) is 2.27. The van der Waals surface area contributed by atoms with E-state index in [4.69, 9.17) is 0 Å². The zero-order valence-corrected chi connectivity index (χ0v) is 13.9. The third kappa shape index (κ3) is 3.62. The van der Waals surface area contributed by atoms with Crippen molar-refractivity contribution in [2.45, 2.75) is 26.4 Å². The number of benzene rings is 1. The van der Waals surface area contributed by atoms with Crippen molar-refractivity contribution >= 4 is 22.7 Å². The molecule has 0 saturated carbocycles. The van der Waals surface area contributed by atoms with Crippen molar-refractivity contribution in [2.75, 3.05) is 0 Å². The normalized spacial score (nSPS) is 12.5. The lowest BCUT2D eigenvalue weighted by molar-refractivity contribution is 0.587. The van der Waals surface area contributed by atoms with Crippen molar-refractivity contribution < 1.29 is 0 Å². The Morgan fingerprint density at radius 1 is 0.952 bits per heavy atom. The van der Waals surface area contributed by atoms with Gasteiger partial charge in [-0.25, -0.2) is 0 Å². The molecule has 1 aromatic carbocycles. The average Bonchev–Trinajstić information content (AvgIpc) is 3.15. The Kier molecular flexibility index (Phi) is 4.54. The standard InChI is InChI=1S/C18H19NS2/c1-13-8-10-17(20-13)14(2)19-12-16-9-11-18(21-16)15-6-4-3-5-7-15/h3-11,14,19H,12H2,1-2H3. The summed E-state index contributed by atoms with van der Waals surface area (Å²) in [4.78, 5) is 5.51. The first-order valence-corrected chi connectivity index (χ1v) is 8.79. The van der Waals surface area contributed by atoms with Crippen LogP contribution in [0.1, 0.15) is 27.6 Å². The number of hydrogen-bond donors (Lipinski definition) is 1. The Hall–Kier alpha value is -1.42. The molecule has 0 spiro atoms. The van der Waals surface area contributed by atoms with Gasteiger partial charge in [0.25, 0.3) is 0 Å². The van der Waals surface area contributed by atoms with Gasteiger partial charge in [-0.2, -0.15) is 0 Å². The Balaban J connectivity index is 1.63. The maximum atomic E-state index is 3.61. The molecule has 21 heavy (non-hydrogen) atoms. The zero-order chi connectivity index (χ0) is 14.7. The minimum absolute atomic E-state index is 0.408. The van der Waals surface area contributed by atoms with Gasteiger partial charge in [0, 0.05) is 32.1 Å². The van der Waals surface area contributed by atoms with E-state index in [-0.39, 0.29) is 0 Å². The van der Waals surface area contributed by atoms with Gasteiger partial charge < -0.3 is 5.32 Å². The summed E-state index contributed by atoms with van der Waals surface area (Å²) in [7, 11) is 0. The number of nitrogens with one attached hydrogen (secondary N) is 1. The van der Waals surface area contributed by atoms with Crippen LogP contribution in [0.5, 0.6) is 0 Å². The molecule has 108 valence electrons. The molecule has 0 bridgehead atoms. The Labute approximate surface area is 134 Å². The molecule has 0 saturated heterocycles. The molecule has 2 aromatic heterocycles. The molecule has 3 rings (SSSR count). The molecule has 0 aliphatic carbocycles. The molecule has 0 fully saturated rings. The van der Waals surface area contributed by atoms with Gasteiger partial charge in [0.1, 0.15) is 0 Å². The highest BCUT2D eigenvalue weighted by molar-refractivity contribution is 7.15. The fraction of sp³-hybridized carbons (Fsp3) is 0.222. The molecule has 0 aliphatic rings. The lowest BCUT2D eigenvalue weighted by atomic mass is 10.2. The SMILES string of the molecule is Cc1ccc(C(C)NCc2ccc(-c3ccccc3)s2)s1. The lowest BCUT2D eigenvalue weighted by Crippen LogP contribution is -2.16. The van der Waals surface area contributed by atoms with Crippen molar-refractivity contribution in [1.29, 1.82) is 0 Å². The quantitative estimate of drug-likeness (QED) is 0.643. The molecular weight excluding hydrogens is 294 g/mol. The molecule has 1 unspecified atom stereocenters. The van der Waals surface area contributed by atoms with Crippen LogP contribution in [-0.4, -0.2) is 0 Å². The molecule has 1 nitrogen and oxygen atoms in total. The third-order valence-corrected chi connectivity index (χ3v) is 5.81. The van der Waals surface area contributed by atoms with Gasteiger partial charge in [-0.1, -0.05) is 30.3 Å². The summed E-state index contributed by atoms with van der Waals surface area (Å²) in [5.41, 5.74) is 1.30. The van der Waals surface area contributed by atoms with Crippen LogP contribution in [0.2, 0.25) is 0 Å². The molecule has 1 atom stereocenters. The van der Waals surface area contributed by atoms with Crippen LogP contribution < -0.4 is 5.32 Å². The molecule has 0 radical (unpaired) electrons. The number of thiophene rings is 2. The maximum absolute atomic E-state index is 3.61. The van der Waals surface area contributed by atoms with E-state index < -0.39 is 0 Å². The van der Waals surface area contributed by atoms with E-state index in [2.05, 4.69) is 73.8 Å². The van der Waals surface area contributed by atoms with Crippen molar-refractivity contribution in [3.8, 4) is 10.4 Å². The van der Waals surface area contributed by atoms with Crippen LogP contribution in [0.15, 0.2) is 54.6 Å². The third-order valence-electron chi connectivity index (χ3n) is 3.49. The Bertz CT molecular complexity index is 697. The predicted molar refractivity (Wildman–Crippen MR) is 94.1 cm³/mol. The molecule has 0 amide bonds. The first-order valence-electron chi connectivity index (χ1n) is 7.16. The second-order valence-electron chi connectivity index (χ2n) is 5.18. The van der Waals surface area contributed by atoms with Crippen LogP contribution in [0.4, 0.5) is 0 Å². The fourth-order valence-corrected chi connectivity index (χ4v) is 4.14. The smallest absolute Gasteiger partial charge is 0.0389 e. The highest BCUT2D eigenvalue weighted by atomic mass is 32.1. The van der Waals surface area contributed by atoms with E-state index in [0.717, 1.165) is 6.54 Å². The average molecular weight is 313 g/mol. The van der Waals surface area contributed by atoms with Gasteiger partial charge in [-0.05, 0) is 43.7 Å². The minimum Gasteiger partial charge on any atom is -0.305 e. The summed E-state index contributed by atoms with van der Waals surface area (Å²) in [5, 5.41) is 3.61. The van der Waals surface area contributed by atoms with Gasteiger partial charge in [0.2, 0.25) is 0 Å². The summed E-state index contributed by atoms with van der Waals surface area (Å²) in [6.45, 7) is 5.32. The minimum atomic E-state index is 0.408. The molecule has 0 aliphatic heterocycles. The first-order chi connectivity index (χ1) is 10.2. The molecular formula is C18H19NS2. The van der Waals surface area contributed by atoms with E-state index in [0.29, 0.717) is 6.04 Å². The summed E-state index contributed by atoms with van der Waals surface area (Å²) in [5.74, 6) is 0. The zero-order valence-electron chi connectivity index (χ0n) is 12.3. The number of rotatable bonds is 5. The van der Waals surface area contributed by atoms with E-state index in [1.807, 2.05) is 22.7 Å². The topological polar surface area (TPSA) is 12.0 Å². The summed E-state index contributed by atoms with van der Waals surface area (Å²) in [6.07, 6.45) is 0. The number of aryl methyl sites for hydroxylation is 1. The summed E-state index contributed by atoms with van der Waals surface area (Å²) < 4.78 is 0. The van der Waals surface area contributed by atoms with Crippen molar-refractivity contribution in [3.05, 3.63) is 69.2 Å². The first kappa shape index (κ1) is 14.5. The Morgan fingerprint density at radius 3 is 2.48 bits per heavy atom. The van der Waals surface area contributed by atoms with Crippen molar-refractivity contribution in [2.24, 2.45) is 0 Å². The highest BCUT2D eigenvalue weighted by Gasteiger charge is 2.08.